The van der Waals surface area contributed by atoms with Gasteiger partial charge < -0.3 is 5.32 Å². The molecule has 0 heterocycles. The molecular weight excluding hydrogens is 268 g/mol. The highest BCUT2D eigenvalue weighted by atomic mass is 35.5. The number of benzene rings is 1. The van der Waals surface area contributed by atoms with Crippen molar-refractivity contribution < 1.29 is 9.72 Å². The quantitative estimate of drug-likeness (QED) is 0.681. The van der Waals surface area contributed by atoms with Crippen LogP contribution < -0.4 is 5.32 Å². The maximum absolute atomic E-state index is 11.9. The minimum absolute atomic E-state index is 0.0237. The van der Waals surface area contributed by atoms with Crippen LogP contribution in [0.5, 0.6) is 0 Å². The van der Waals surface area contributed by atoms with Crippen molar-refractivity contribution in [3.05, 3.63) is 38.9 Å². The zero-order valence-corrected chi connectivity index (χ0v) is 11.5. The van der Waals surface area contributed by atoms with Crippen LogP contribution in [0.3, 0.4) is 0 Å². The molecule has 0 spiro atoms. The summed E-state index contributed by atoms with van der Waals surface area (Å²) in [6.45, 7) is 4.94. The second-order valence-electron chi connectivity index (χ2n) is 5.52. The molecule has 1 aliphatic carbocycles. The van der Waals surface area contributed by atoms with Gasteiger partial charge in [0.2, 0.25) is 0 Å². The van der Waals surface area contributed by atoms with Crippen LogP contribution in [-0.4, -0.2) is 17.4 Å². The van der Waals surface area contributed by atoms with Crippen LogP contribution in [0.4, 0.5) is 5.69 Å². The number of nitro groups is 1. The van der Waals surface area contributed by atoms with Gasteiger partial charge in [-0.1, -0.05) is 25.4 Å². The lowest BCUT2D eigenvalue weighted by Crippen LogP contribution is -2.26. The van der Waals surface area contributed by atoms with Crippen LogP contribution in [0, 0.1) is 21.4 Å². The van der Waals surface area contributed by atoms with E-state index in [1.807, 2.05) is 0 Å². The highest BCUT2D eigenvalue weighted by molar-refractivity contribution is 6.33. The number of rotatable bonds is 4. The van der Waals surface area contributed by atoms with Crippen molar-refractivity contribution in [2.75, 3.05) is 6.54 Å². The summed E-state index contributed by atoms with van der Waals surface area (Å²) in [5.41, 5.74) is 0.455. The van der Waals surface area contributed by atoms with Gasteiger partial charge >= 0.3 is 0 Å². The Kier molecular flexibility index (Phi) is 3.49. The van der Waals surface area contributed by atoms with Gasteiger partial charge in [0, 0.05) is 18.2 Å². The minimum Gasteiger partial charge on any atom is -0.352 e. The lowest BCUT2D eigenvalue weighted by molar-refractivity contribution is -0.384. The average molecular weight is 283 g/mol. The number of carbonyl (C=O) groups excluding carboxylic acids is 1. The van der Waals surface area contributed by atoms with Crippen LogP contribution in [0.25, 0.3) is 0 Å². The predicted molar refractivity (Wildman–Crippen MR) is 72.3 cm³/mol. The Balaban J connectivity index is 2.00. The van der Waals surface area contributed by atoms with Gasteiger partial charge in [-0.3, -0.25) is 14.9 Å². The zero-order valence-electron chi connectivity index (χ0n) is 10.8. The first-order chi connectivity index (χ1) is 8.81. The van der Waals surface area contributed by atoms with Crippen LogP contribution in [0.15, 0.2) is 18.2 Å². The summed E-state index contributed by atoms with van der Waals surface area (Å²) >= 11 is 5.77. The molecule has 1 unspecified atom stereocenters. The van der Waals surface area contributed by atoms with E-state index in [9.17, 15) is 14.9 Å². The van der Waals surface area contributed by atoms with Gasteiger partial charge in [0.1, 0.15) is 5.02 Å². The molecule has 0 saturated heterocycles. The smallest absolute Gasteiger partial charge is 0.287 e. The molecule has 19 heavy (non-hydrogen) atoms. The number of nitro benzene ring substituents is 1. The molecule has 0 aromatic heterocycles. The first kappa shape index (κ1) is 13.8. The molecular formula is C13H15ClN2O3. The van der Waals surface area contributed by atoms with Gasteiger partial charge in [-0.15, -0.1) is 0 Å². The molecule has 1 aromatic carbocycles. The molecule has 0 bridgehead atoms. The fourth-order valence-corrected chi connectivity index (χ4v) is 2.29. The summed E-state index contributed by atoms with van der Waals surface area (Å²) < 4.78 is 0. The minimum atomic E-state index is -0.573. The Bertz CT molecular complexity index is 543. The van der Waals surface area contributed by atoms with Crippen molar-refractivity contribution in [2.24, 2.45) is 11.3 Å². The fourth-order valence-electron chi connectivity index (χ4n) is 2.04. The summed E-state index contributed by atoms with van der Waals surface area (Å²) in [4.78, 5) is 21.9. The lowest BCUT2D eigenvalue weighted by Gasteiger charge is -2.07. The van der Waals surface area contributed by atoms with E-state index >= 15 is 0 Å². The van der Waals surface area contributed by atoms with Gasteiger partial charge in [-0.05, 0) is 29.9 Å². The highest BCUT2D eigenvalue weighted by Gasteiger charge is 2.45. The summed E-state index contributed by atoms with van der Waals surface area (Å²) in [7, 11) is 0. The van der Waals surface area contributed by atoms with Gasteiger partial charge in [0.15, 0.2) is 0 Å². The third kappa shape index (κ3) is 3.04. The van der Waals surface area contributed by atoms with Crippen molar-refractivity contribution in [1.29, 1.82) is 0 Å². The van der Waals surface area contributed by atoms with Crippen LogP contribution in [-0.2, 0) is 0 Å². The molecule has 1 atom stereocenters. The Morgan fingerprint density at radius 3 is 2.68 bits per heavy atom. The Hall–Kier alpha value is -1.62. The number of amides is 1. The zero-order chi connectivity index (χ0) is 14.2. The fraction of sp³-hybridized carbons (Fsp3) is 0.462. The molecule has 5 nitrogen and oxygen atoms in total. The molecule has 102 valence electrons. The normalized spacial score (nSPS) is 19.8. The van der Waals surface area contributed by atoms with Crippen LogP contribution in [0.2, 0.25) is 5.02 Å². The van der Waals surface area contributed by atoms with E-state index in [0.29, 0.717) is 23.4 Å². The molecule has 1 aliphatic rings. The van der Waals surface area contributed by atoms with E-state index < -0.39 is 4.92 Å². The summed E-state index contributed by atoms with van der Waals surface area (Å²) in [6, 6.07) is 3.99. The third-order valence-electron chi connectivity index (χ3n) is 3.63. The number of carbonyl (C=O) groups is 1. The predicted octanol–water partition coefficient (Wildman–Crippen LogP) is 3.02. The maximum atomic E-state index is 11.9. The second-order valence-corrected chi connectivity index (χ2v) is 5.93. The molecule has 2 rings (SSSR count). The molecule has 1 saturated carbocycles. The van der Waals surface area contributed by atoms with Gasteiger partial charge in [0.05, 0.1) is 4.92 Å². The van der Waals surface area contributed by atoms with Crippen LogP contribution in [0.1, 0.15) is 30.6 Å². The van der Waals surface area contributed by atoms with Crippen molar-refractivity contribution in [3.63, 3.8) is 0 Å². The largest absolute Gasteiger partial charge is 0.352 e. The Labute approximate surface area is 116 Å². The standard InChI is InChI=1S/C13H15ClN2O3/c1-13(2)6-9(13)7-15-12(17)8-3-4-11(16(18)19)10(14)5-8/h3-5,9H,6-7H2,1-2H3,(H,15,17). The van der Waals surface area contributed by atoms with E-state index in [1.165, 1.54) is 18.2 Å². The van der Waals surface area contributed by atoms with Crippen LogP contribution >= 0.6 is 11.6 Å². The van der Waals surface area contributed by atoms with E-state index in [2.05, 4.69) is 19.2 Å². The first-order valence-electron chi connectivity index (χ1n) is 6.03. The van der Waals surface area contributed by atoms with Crippen molar-refractivity contribution >= 4 is 23.2 Å². The van der Waals surface area contributed by atoms with Crippen molar-refractivity contribution in [3.8, 4) is 0 Å². The molecule has 1 aromatic rings. The number of hydrogen-bond donors (Lipinski definition) is 1. The third-order valence-corrected chi connectivity index (χ3v) is 3.94. The summed E-state index contributed by atoms with van der Waals surface area (Å²) in [5, 5.41) is 13.4. The van der Waals surface area contributed by atoms with Gasteiger partial charge in [0.25, 0.3) is 11.6 Å². The number of hydrogen-bond acceptors (Lipinski definition) is 3. The van der Waals surface area contributed by atoms with Crippen molar-refractivity contribution in [1.82, 2.24) is 5.32 Å². The van der Waals surface area contributed by atoms with Gasteiger partial charge in [-0.25, -0.2) is 0 Å². The monoisotopic (exact) mass is 282 g/mol. The molecule has 6 heteroatoms. The molecule has 0 radical (unpaired) electrons. The molecule has 0 aliphatic heterocycles. The second kappa shape index (κ2) is 4.81. The lowest BCUT2D eigenvalue weighted by atomic mass is 10.1. The highest BCUT2D eigenvalue weighted by Crippen LogP contribution is 2.50. The Morgan fingerprint density at radius 2 is 2.21 bits per heavy atom. The average Bonchev–Trinajstić information content (AvgIpc) is 2.93. The maximum Gasteiger partial charge on any atom is 0.287 e. The van der Waals surface area contributed by atoms with E-state index in [4.69, 9.17) is 11.6 Å². The number of nitrogens with one attached hydrogen (secondary N) is 1. The Morgan fingerprint density at radius 1 is 1.58 bits per heavy atom. The van der Waals surface area contributed by atoms with E-state index in [0.717, 1.165) is 6.42 Å². The van der Waals surface area contributed by atoms with E-state index in [-0.39, 0.29) is 16.6 Å². The summed E-state index contributed by atoms with van der Waals surface area (Å²) in [5.74, 6) is 0.254. The summed E-state index contributed by atoms with van der Waals surface area (Å²) in [6.07, 6.45) is 1.11. The van der Waals surface area contributed by atoms with E-state index in [1.54, 1.807) is 0 Å². The SMILES string of the molecule is CC1(C)CC1CNC(=O)c1ccc([N+](=O)[O-])c(Cl)c1. The number of nitrogens with zero attached hydrogens (tertiary/aromatic N) is 1. The number of halogens is 1. The topological polar surface area (TPSA) is 72.2 Å². The molecule has 1 amide bonds. The van der Waals surface area contributed by atoms with Crippen molar-refractivity contribution in [2.45, 2.75) is 20.3 Å². The molecule has 1 fully saturated rings. The first-order valence-corrected chi connectivity index (χ1v) is 6.41. The molecule has 1 N–H and O–H groups in total. The van der Waals surface area contributed by atoms with Gasteiger partial charge in [-0.2, -0.15) is 0 Å².